The summed E-state index contributed by atoms with van der Waals surface area (Å²) in [5.74, 6) is 0.825. The van der Waals surface area contributed by atoms with Gasteiger partial charge in [0.2, 0.25) is 11.8 Å². The van der Waals surface area contributed by atoms with Crippen molar-refractivity contribution in [2.45, 2.75) is 38.4 Å². The van der Waals surface area contributed by atoms with Gasteiger partial charge in [0, 0.05) is 24.0 Å². The first kappa shape index (κ1) is 17.7. The molecule has 2 atom stereocenters. The van der Waals surface area contributed by atoms with Crippen molar-refractivity contribution in [2.75, 3.05) is 13.1 Å². The van der Waals surface area contributed by atoms with Crippen molar-refractivity contribution in [3.63, 3.8) is 0 Å². The summed E-state index contributed by atoms with van der Waals surface area (Å²) in [4.78, 5) is 27.7. The summed E-state index contributed by atoms with van der Waals surface area (Å²) < 4.78 is 5.41. The number of likely N-dealkylation sites (tertiary alicyclic amines) is 1. The van der Waals surface area contributed by atoms with Crippen LogP contribution in [0.25, 0.3) is 0 Å². The molecule has 7 heteroatoms. The Kier molecular flexibility index (Phi) is 5.88. The summed E-state index contributed by atoms with van der Waals surface area (Å²) >= 11 is 1.58. The fourth-order valence-corrected chi connectivity index (χ4v) is 3.90. The minimum Gasteiger partial charge on any atom is -0.468 e. The molecule has 25 heavy (non-hydrogen) atoms. The molecule has 6 nitrogen and oxygen atoms in total. The second-order valence-corrected chi connectivity index (χ2v) is 7.21. The van der Waals surface area contributed by atoms with Gasteiger partial charge in [0.1, 0.15) is 5.76 Å². The average molecular weight is 361 g/mol. The highest BCUT2D eigenvalue weighted by Crippen LogP contribution is 2.21. The van der Waals surface area contributed by atoms with Crippen molar-refractivity contribution in [1.82, 2.24) is 15.5 Å². The van der Waals surface area contributed by atoms with Crippen LogP contribution in [0.1, 0.15) is 24.0 Å². The third kappa shape index (κ3) is 4.70. The lowest BCUT2D eigenvalue weighted by molar-refractivity contribution is -0.125. The predicted molar refractivity (Wildman–Crippen MR) is 96.2 cm³/mol. The van der Waals surface area contributed by atoms with Gasteiger partial charge in [-0.1, -0.05) is 6.07 Å². The van der Waals surface area contributed by atoms with Crippen molar-refractivity contribution in [2.24, 2.45) is 0 Å². The SMILES string of the molecule is CCNC(=O)[C@@H]1C[C@H](NC(=O)Cc2cccs2)CN1Cc1ccco1. The first-order valence-corrected chi connectivity index (χ1v) is 9.39. The van der Waals surface area contributed by atoms with Gasteiger partial charge in [-0.2, -0.15) is 0 Å². The first-order valence-electron chi connectivity index (χ1n) is 8.51. The van der Waals surface area contributed by atoms with Gasteiger partial charge >= 0.3 is 0 Å². The smallest absolute Gasteiger partial charge is 0.237 e. The number of hydrogen-bond acceptors (Lipinski definition) is 5. The molecule has 0 aliphatic carbocycles. The molecule has 3 rings (SSSR count). The number of thiophene rings is 1. The van der Waals surface area contributed by atoms with Gasteiger partial charge < -0.3 is 15.1 Å². The fraction of sp³-hybridized carbons (Fsp3) is 0.444. The van der Waals surface area contributed by atoms with Crippen LogP contribution in [-0.2, 0) is 22.6 Å². The van der Waals surface area contributed by atoms with E-state index in [1.54, 1.807) is 17.6 Å². The largest absolute Gasteiger partial charge is 0.468 e. The molecule has 3 heterocycles. The molecule has 2 N–H and O–H groups in total. The highest BCUT2D eigenvalue weighted by molar-refractivity contribution is 7.10. The lowest BCUT2D eigenvalue weighted by Crippen LogP contribution is -2.42. The zero-order valence-corrected chi connectivity index (χ0v) is 15.1. The Labute approximate surface area is 151 Å². The Morgan fingerprint density at radius 2 is 2.24 bits per heavy atom. The van der Waals surface area contributed by atoms with Crippen LogP contribution < -0.4 is 10.6 Å². The summed E-state index contributed by atoms with van der Waals surface area (Å²) in [6.45, 7) is 3.70. The van der Waals surface area contributed by atoms with E-state index in [9.17, 15) is 9.59 Å². The normalized spacial score (nSPS) is 20.5. The van der Waals surface area contributed by atoms with Crippen LogP contribution in [0.5, 0.6) is 0 Å². The standard InChI is InChI=1S/C18H23N3O3S/c1-2-19-18(23)16-9-13(11-21(16)12-14-5-3-7-24-14)20-17(22)10-15-6-4-8-25-15/h3-8,13,16H,2,9-12H2,1H3,(H,19,23)(H,20,22)/t13-,16-/m0/s1. The van der Waals surface area contributed by atoms with Gasteiger partial charge in [-0.15, -0.1) is 11.3 Å². The van der Waals surface area contributed by atoms with Gasteiger partial charge in [-0.25, -0.2) is 0 Å². The third-order valence-corrected chi connectivity index (χ3v) is 5.15. The minimum absolute atomic E-state index is 0.00180. The van der Waals surface area contributed by atoms with Crippen LogP contribution in [0.2, 0.25) is 0 Å². The van der Waals surface area contributed by atoms with Crippen LogP contribution in [-0.4, -0.2) is 41.9 Å². The van der Waals surface area contributed by atoms with Gasteiger partial charge in [-0.05, 0) is 36.9 Å². The topological polar surface area (TPSA) is 74.6 Å². The molecule has 0 spiro atoms. The summed E-state index contributed by atoms with van der Waals surface area (Å²) in [7, 11) is 0. The van der Waals surface area contributed by atoms with E-state index in [0.29, 0.717) is 32.5 Å². The van der Waals surface area contributed by atoms with Crippen LogP contribution in [0.3, 0.4) is 0 Å². The highest BCUT2D eigenvalue weighted by atomic mass is 32.1. The van der Waals surface area contributed by atoms with E-state index >= 15 is 0 Å². The van der Waals surface area contributed by atoms with Gasteiger partial charge in [0.15, 0.2) is 0 Å². The van der Waals surface area contributed by atoms with E-state index in [-0.39, 0.29) is 23.9 Å². The number of likely N-dealkylation sites (N-methyl/N-ethyl adjacent to an activating group) is 1. The molecule has 0 unspecified atom stereocenters. The second-order valence-electron chi connectivity index (χ2n) is 6.18. The molecule has 1 fully saturated rings. The van der Waals surface area contributed by atoms with E-state index in [0.717, 1.165) is 10.6 Å². The average Bonchev–Trinajstić information content (AvgIpc) is 3.30. The Morgan fingerprint density at radius 1 is 1.36 bits per heavy atom. The fourth-order valence-electron chi connectivity index (χ4n) is 3.20. The molecular weight excluding hydrogens is 338 g/mol. The quantitative estimate of drug-likeness (QED) is 0.788. The van der Waals surface area contributed by atoms with E-state index < -0.39 is 0 Å². The van der Waals surface area contributed by atoms with Crippen LogP contribution in [0.15, 0.2) is 40.3 Å². The van der Waals surface area contributed by atoms with Crippen molar-refractivity contribution in [3.05, 3.63) is 46.5 Å². The van der Waals surface area contributed by atoms with E-state index in [1.807, 2.05) is 36.6 Å². The number of carbonyl (C=O) groups excluding carboxylic acids is 2. The molecule has 2 aromatic rings. The van der Waals surface area contributed by atoms with Crippen LogP contribution in [0, 0.1) is 0 Å². The summed E-state index contributed by atoms with van der Waals surface area (Å²) in [5.41, 5.74) is 0. The zero-order valence-electron chi connectivity index (χ0n) is 14.2. The van der Waals surface area contributed by atoms with E-state index in [2.05, 4.69) is 15.5 Å². The molecule has 1 aliphatic rings. The molecule has 0 saturated carbocycles. The first-order chi connectivity index (χ1) is 12.2. The number of furan rings is 1. The Bertz CT molecular complexity index is 685. The number of amides is 2. The lowest BCUT2D eigenvalue weighted by atomic mass is 10.1. The molecule has 0 bridgehead atoms. The maximum atomic E-state index is 12.4. The van der Waals surface area contributed by atoms with E-state index in [1.165, 1.54) is 0 Å². The lowest BCUT2D eigenvalue weighted by Gasteiger charge is -2.22. The van der Waals surface area contributed by atoms with Crippen molar-refractivity contribution < 1.29 is 14.0 Å². The van der Waals surface area contributed by atoms with E-state index in [4.69, 9.17) is 4.42 Å². The van der Waals surface area contributed by atoms with Crippen molar-refractivity contribution >= 4 is 23.2 Å². The Morgan fingerprint density at radius 3 is 2.92 bits per heavy atom. The van der Waals surface area contributed by atoms with Gasteiger partial charge in [0.05, 0.1) is 25.3 Å². The third-order valence-electron chi connectivity index (χ3n) is 4.28. The Balaban J connectivity index is 1.61. The van der Waals surface area contributed by atoms with Crippen LogP contribution >= 0.6 is 11.3 Å². The second kappa shape index (κ2) is 8.31. The number of nitrogens with one attached hydrogen (secondary N) is 2. The number of carbonyl (C=O) groups is 2. The molecule has 2 amide bonds. The number of rotatable bonds is 7. The minimum atomic E-state index is -0.253. The molecule has 0 aromatic carbocycles. The van der Waals surface area contributed by atoms with Crippen LogP contribution in [0.4, 0.5) is 0 Å². The molecule has 1 saturated heterocycles. The Hall–Kier alpha value is -2.12. The van der Waals surface area contributed by atoms with Gasteiger partial charge in [0.25, 0.3) is 0 Å². The van der Waals surface area contributed by atoms with Crippen molar-refractivity contribution in [1.29, 1.82) is 0 Å². The predicted octanol–water partition coefficient (Wildman–Crippen LogP) is 1.78. The molecule has 2 aromatic heterocycles. The summed E-state index contributed by atoms with van der Waals surface area (Å²) in [5, 5.41) is 7.92. The molecular formula is C18H23N3O3S. The highest BCUT2D eigenvalue weighted by Gasteiger charge is 2.37. The number of nitrogens with zero attached hydrogens (tertiary/aromatic N) is 1. The zero-order chi connectivity index (χ0) is 17.6. The van der Waals surface area contributed by atoms with Crippen molar-refractivity contribution in [3.8, 4) is 0 Å². The summed E-state index contributed by atoms with van der Waals surface area (Å²) in [6, 6.07) is 7.36. The monoisotopic (exact) mass is 361 g/mol. The van der Waals surface area contributed by atoms with Gasteiger partial charge in [-0.3, -0.25) is 14.5 Å². The number of hydrogen-bond donors (Lipinski definition) is 2. The molecule has 1 aliphatic heterocycles. The molecule has 134 valence electrons. The molecule has 0 radical (unpaired) electrons. The maximum absolute atomic E-state index is 12.4. The summed E-state index contributed by atoms with van der Waals surface area (Å²) in [6.07, 6.45) is 2.63. The maximum Gasteiger partial charge on any atom is 0.237 e.